The predicted octanol–water partition coefficient (Wildman–Crippen LogP) is 6.13. The Morgan fingerprint density at radius 1 is 0.652 bits per heavy atom. The molecular formula is C36H36Cl2N4O4. The minimum atomic E-state index is -0.256. The van der Waals surface area contributed by atoms with Crippen molar-refractivity contribution in [1.82, 2.24) is 19.8 Å². The second kappa shape index (κ2) is 11.8. The molecule has 0 amide bonds. The lowest BCUT2D eigenvalue weighted by Crippen LogP contribution is -2.51. The number of likely N-dealkylation sites (tertiary alicyclic amines) is 2. The van der Waals surface area contributed by atoms with Gasteiger partial charge in [-0.05, 0) is 48.9 Å². The van der Waals surface area contributed by atoms with Crippen LogP contribution < -0.4 is 9.47 Å². The van der Waals surface area contributed by atoms with Crippen molar-refractivity contribution in [1.29, 1.82) is 0 Å². The zero-order valence-corrected chi connectivity index (χ0v) is 27.4. The molecule has 0 spiro atoms. The molecular weight excluding hydrogens is 623 g/mol. The van der Waals surface area contributed by atoms with Crippen LogP contribution in [0.4, 0.5) is 0 Å². The number of ether oxygens (including phenoxy) is 2. The first-order valence-corrected chi connectivity index (χ1v) is 16.7. The van der Waals surface area contributed by atoms with Crippen LogP contribution in [0.15, 0.2) is 48.5 Å². The van der Waals surface area contributed by atoms with E-state index >= 15 is 0 Å². The molecule has 4 aliphatic rings. The van der Waals surface area contributed by atoms with Gasteiger partial charge in [-0.1, -0.05) is 59.6 Å². The van der Waals surface area contributed by atoms with Gasteiger partial charge in [0.15, 0.2) is 0 Å². The summed E-state index contributed by atoms with van der Waals surface area (Å²) in [5.41, 5.74) is 9.40. The molecule has 10 heteroatoms. The maximum absolute atomic E-state index is 9.87. The summed E-state index contributed by atoms with van der Waals surface area (Å²) in [7, 11) is 3.32. The first-order valence-electron chi connectivity index (χ1n) is 15.9. The Morgan fingerprint density at radius 3 is 1.41 bits per heavy atom. The normalized spacial score (nSPS) is 21.5. The maximum Gasteiger partial charge on any atom is 0.218 e. The minimum Gasteiger partial charge on any atom is -0.481 e. The molecule has 4 aromatic rings. The zero-order chi connectivity index (χ0) is 31.7. The van der Waals surface area contributed by atoms with Gasteiger partial charge in [-0.15, -0.1) is 0 Å². The number of methoxy groups -OCH3 is 2. The van der Waals surface area contributed by atoms with Gasteiger partial charge in [0.1, 0.15) is 0 Å². The van der Waals surface area contributed by atoms with Crippen molar-refractivity contribution < 1.29 is 19.7 Å². The molecule has 4 heterocycles. The lowest BCUT2D eigenvalue weighted by molar-refractivity contribution is -0.0257. The molecule has 2 fully saturated rings. The number of nitrogens with zero attached hydrogens (tertiary/aromatic N) is 4. The lowest BCUT2D eigenvalue weighted by Gasteiger charge is -2.40. The number of hydrogen-bond acceptors (Lipinski definition) is 8. The number of pyridine rings is 2. The summed E-state index contributed by atoms with van der Waals surface area (Å²) in [4.78, 5) is 14.5. The fourth-order valence-corrected chi connectivity index (χ4v) is 8.49. The molecule has 0 saturated carbocycles. The Kier molecular flexibility index (Phi) is 7.71. The number of aromatic nitrogens is 2. The Balaban J connectivity index is 1.15. The van der Waals surface area contributed by atoms with Gasteiger partial charge in [0.05, 0.1) is 47.9 Å². The number of aliphatic hydroxyl groups excluding tert-OH is 2. The van der Waals surface area contributed by atoms with E-state index in [9.17, 15) is 10.2 Å². The molecule has 238 valence electrons. The van der Waals surface area contributed by atoms with Crippen LogP contribution >= 0.6 is 23.2 Å². The topological polar surface area (TPSA) is 91.2 Å². The average Bonchev–Trinajstić information content (AvgIpc) is 3.65. The van der Waals surface area contributed by atoms with Gasteiger partial charge in [0, 0.05) is 71.6 Å². The summed E-state index contributed by atoms with van der Waals surface area (Å²) in [5, 5.41) is 20.9. The van der Waals surface area contributed by atoms with E-state index in [-0.39, 0.29) is 24.3 Å². The van der Waals surface area contributed by atoms with E-state index in [0.717, 1.165) is 70.5 Å². The van der Waals surface area contributed by atoms with Crippen LogP contribution in [0.2, 0.25) is 10.0 Å². The number of aryl methyl sites for hydroxylation is 2. The SMILES string of the molecule is COc1nc(-c2cccc(-c3cccc(-c4cc5c(c(OC)n4)[C@H](N4CC(O)C4)CC5)c3Cl)c2Cl)cc2c1[C@H](N1CC(O)C1)CC2. The largest absolute Gasteiger partial charge is 0.481 e. The van der Waals surface area contributed by atoms with Gasteiger partial charge in [-0.25, -0.2) is 9.97 Å². The number of fused-ring (bicyclic) bond motifs is 2. The Bertz CT molecular complexity index is 1710. The van der Waals surface area contributed by atoms with E-state index in [1.165, 1.54) is 11.1 Å². The zero-order valence-electron chi connectivity index (χ0n) is 25.8. The predicted molar refractivity (Wildman–Crippen MR) is 179 cm³/mol. The van der Waals surface area contributed by atoms with Crippen molar-refractivity contribution in [2.45, 2.75) is 50.0 Å². The van der Waals surface area contributed by atoms with E-state index < -0.39 is 0 Å². The molecule has 0 radical (unpaired) electrons. The van der Waals surface area contributed by atoms with Crippen molar-refractivity contribution in [2.24, 2.45) is 0 Å². The smallest absolute Gasteiger partial charge is 0.218 e. The van der Waals surface area contributed by atoms with Crippen LogP contribution in [-0.2, 0) is 12.8 Å². The number of hydrogen-bond donors (Lipinski definition) is 2. The van der Waals surface area contributed by atoms with E-state index in [0.29, 0.717) is 48.0 Å². The third-order valence-corrected chi connectivity index (χ3v) is 11.0. The minimum absolute atomic E-state index is 0.208. The monoisotopic (exact) mass is 658 g/mol. The Labute approximate surface area is 278 Å². The summed E-state index contributed by atoms with van der Waals surface area (Å²) < 4.78 is 11.6. The second-order valence-electron chi connectivity index (χ2n) is 12.8. The van der Waals surface area contributed by atoms with Crippen LogP contribution in [0, 0.1) is 0 Å². The molecule has 8 nitrogen and oxygen atoms in total. The Hall–Kier alpha value is -3.24. The van der Waals surface area contributed by atoms with E-state index in [2.05, 4.69) is 21.9 Å². The van der Waals surface area contributed by atoms with Crippen molar-refractivity contribution in [3.8, 4) is 45.4 Å². The molecule has 2 aromatic carbocycles. The van der Waals surface area contributed by atoms with Gasteiger partial charge in [-0.3, -0.25) is 9.80 Å². The summed E-state index contributed by atoms with van der Waals surface area (Å²) in [6, 6.07) is 16.6. The summed E-state index contributed by atoms with van der Waals surface area (Å²) in [5.74, 6) is 1.23. The number of β-amino-alcohol motifs (C(OH)–C–C–N with tert-alkyl or cyclic N) is 2. The quantitative estimate of drug-likeness (QED) is 0.245. The maximum atomic E-state index is 9.87. The van der Waals surface area contributed by atoms with Gasteiger partial charge in [0.2, 0.25) is 11.8 Å². The number of aliphatic hydroxyl groups is 2. The summed E-state index contributed by atoms with van der Waals surface area (Å²) in [6.07, 6.45) is 3.27. The molecule has 2 aromatic heterocycles. The highest BCUT2D eigenvalue weighted by molar-refractivity contribution is 6.39. The standard InChI is InChI=1S/C36H36Cl2N4O4/c1-45-35-31-19(9-11-29(31)41-15-21(43)16-41)13-27(39-35)25-7-3-5-23(33(25)37)24-6-4-8-26(34(24)38)28-14-20-10-12-30(42-17-22(44)18-42)32(20)36(40-28)46-2/h3-8,13-14,21-22,29-30,43-44H,9-12,15-18H2,1-2H3/t29-,30-/m1/s1. The second-order valence-corrected chi connectivity index (χ2v) is 13.6. The molecule has 0 unspecified atom stereocenters. The Morgan fingerprint density at radius 2 is 1.04 bits per heavy atom. The highest BCUT2D eigenvalue weighted by Crippen LogP contribution is 2.48. The van der Waals surface area contributed by atoms with Gasteiger partial charge >= 0.3 is 0 Å². The highest BCUT2D eigenvalue weighted by atomic mass is 35.5. The van der Waals surface area contributed by atoms with Crippen LogP contribution in [0.25, 0.3) is 33.6 Å². The lowest BCUT2D eigenvalue weighted by atomic mass is 9.96. The van der Waals surface area contributed by atoms with Gasteiger partial charge in [-0.2, -0.15) is 0 Å². The van der Waals surface area contributed by atoms with Gasteiger partial charge in [0.25, 0.3) is 0 Å². The van der Waals surface area contributed by atoms with E-state index in [1.54, 1.807) is 14.2 Å². The number of benzene rings is 2. The molecule has 0 bridgehead atoms. The van der Waals surface area contributed by atoms with Crippen molar-refractivity contribution in [3.05, 3.63) is 80.8 Å². The fraction of sp³-hybridized carbons (Fsp3) is 0.389. The van der Waals surface area contributed by atoms with Crippen molar-refractivity contribution >= 4 is 23.2 Å². The van der Waals surface area contributed by atoms with Gasteiger partial charge < -0.3 is 19.7 Å². The molecule has 8 rings (SSSR count). The third kappa shape index (κ3) is 4.89. The summed E-state index contributed by atoms with van der Waals surface area (Å²) in [6.45, 7) is 2.72. The molecule has 46 heavy (non-hydrogen) atoms. The van der Waals surface area contributed by atoms with Crippen LogP contribution in [0.5, 0.6) is 11.8 Å². The van der Waals surface area contributed by atoms with Crippen LogP contribution in [0.3, 0.4) is 0 Å². The molecule has 2 aliphatic carbocycles. The van der Waals surface area contributed by atoms with Crippen molar-refractivity contribution in [3.63, 3.8) is 0 Å². The van der Waals surface area contributed by atoms with E-state index in [4.69, 9.17) is 42.6 Å². The molecule has 2 N–H and O–H groups in total. The third-order valence-electron chi connectivity index (χ3n) is 10.1. The van der Waals surface area contributed by atoms with Crippen LogP contribution in [0.1, 0.15) is 47.2 Å². The highest BCUT2D eigenvalue weighted by Gasteiger charge is 2.39. The fourth-order valence-electron chi connectivity index (χ4n) is 7.84. The van der Waals surface area contributed by atoms with Crippen molar-refractivity contribution in [2.75, 3.05) is 40.4 Å². The molecule has 2 saturated heterocycles. The van der Waals surface area contributed by atoms with E-state index in [1.807, 2.05) is 36.4 Å². The van der Waals surface area contributed by atoms with Crippen LogP contribution in [-0.4, -0.2) is 82.6 Å². The molecule has 2 aliphatic heterocycles. The average molecular weight is 660 g/mol. The number of halogens is 2. The first-order chi connectivity index (χ1) is 22.3. The molecule has 2 atom stereocenters. The number of rotatable bonds is 7. The summed E-state index contributed by atoms with van der Waals surface area (Å²) >= 11 is 14.4. The first kappa shape index (κ1) is 30.1.